The number of epoxide rings is 1. The first-order chi connectivity index (χ1) is 9.30. The van der Waals surface area contributed by atoms with Crippen LogP contribution in [-0.2, 0) is 19.1 Å². The molecule has 5 heteroatoms. The molecular formula is C15H18O5. The third kappa shape index (κ3) is 1.27. The smallest absolute Gasteiger partial charge is 0.331 e. The van der Waals surface area contributed by atoms with Crippen molar-refractivity contribution in [3.05, 3.63) is 11.6 Å². The first-order valence-corrected chi connectivity index (χ1v) is 7.11. The molecule has 108 valence electrons. The summed E-state index contributed by atoms with van der Waals surface area (Å²) in [6.45, 7) is 4.79. The Morgan fingerprint density at radius 2 is 2.15 bits per heavy atom. The molecule has 1 saturated carbocycles. The van der Waals surface area contributed by atoms with Crippen LogP contribution in [-0.4, -0.2) is 29.4 Å². The number of carbonyl (C=O) groups excluding carboxylic acids is 1. The molecule has 3 fully saturated rings. The largest absolute Gasteiger partial charge is 0.478 e. The summed E-state index contributed by atoms with van der Waals surface area (Å²) >= 11 is 0. The predicted molar refractivity (Wildman–Crippen MR) is 67.5 cm³/mol. The molecular weight excluding hydrogens is 260 g/mol. The van der Waals surface area contributed by atoms with Gasteiger partial charge in [0.15, 0.2) is 0 Å². The lowest BCUT2D eigenvalue weighted by Crippen LogP contribution is -2.52. The molecule has 0 radical (unpaired) electrons. The average Bonchev–Trinajstić information content (AvgIpc) is 2.93. The van der Waals surface area contributed by atoms with Crippen molar-refractivity contribution in [2.75, 3.05) is 6.61 Å². The Bertz CT molecular complexity index is 557. The van der Waals surface area contributed by atoms with Gasteiger partial charge in [-0.1, -0.05) is 19.9 Å². The van der Waals surface area contributed by atoms with Gasteiger partial charge in [0.05, 0.1) is 11.8 Å². The van der Waals surface area contributed by atoms with Crippen molar-refractivity contribution in [1.82, 2.24) is 0 Å². The van der Waals surface area contributed by atoms with E-state index in [1.807, 2.05) is 6.08 Å². The van der Waals surface area contributed by atoms with Crippen molar-refractivity contribution in [2.24, 2.45) is 22.7 Å². The molecule has 0 bridgehead atoms. The van der Waals surface area contributed by atoms with E-state index < -0.39 is 11.8 Å². The maximum atomic E-state index is 11.9. The van der Waals surface area contributed by atoms with E-state index in [4.69, 9.17) is 9.47 Å². The standard InChI is InChI=1S/C15H18O5/c1-13(2)5-8-3-9(12(17)18)10-4-11(16)20-15(7-19-15)14(8,10)6-13/h3,8,10H,4-7H2,1-2H3,(H,17,18)/t8?,10-,14+,15+/m0/s1. The molecule has 0 aromatic rings. The van der Waals surface area contributed by atoms with Gasteiger partial charge in [0.1, 0.15) is 6.61 Å². The van der Waals surface area contributed by atoms with E-state index in [9.17, 15) is 14.7 Å². The van der Waals surface area contributed by atoms with Crippen molar-refractivity contribution < 1.29 is 24.2 Å². The van der Waals surface area contributed by atoms with E-state index in [0.29, 0.717) is 12.2 Å². The van der Waals surface area contributed by atoms with Crippen LogP contribution in [0.25, 0.3) is 0 Å². The van der Waals surface area contributed by atoms with Crippen LogP contribution >= 0.6 is 0 Å². The summed E-state index contributed by atoms with van der Waals surface area (Å²) in [5.41, 5.74) is 0.140. The number of rotatable bonds is 1. The van der Waals surface area contributed by atoms with Gasteiger partial charge in [-0.3, -0.25) is 4.79 Å². The van der Waals surface area contributed by atoms with Gasteiger partial charge in [-0.2, -0.15) is 0 Å². The number of ether oxygens (including phenoxy) is 2. The first kappa shape index (κ1) is 12.4. The zero-order chi connectivity index (χ0) is 14.3. The number of esters is 1. The molecule has 4 atom stereocenters. The van der Waals surface area contributed by atoms with Gasteiger partial charge >= 0.3 is 11.9 Å². The molecule has 2 aliphatic carbocycles. The van der Waals surface area contributed by atoms with Gasteiger partial charge < -0.3 is 14.6 Å². The topological polar surface area (TPSA) is 76.1 Å². The Kier molecular flexibility index (Phi) is 2.03. The molecule has 20 heavy (non-hydrogen) atoms. The molecule has 1 unspecified atom stereocenters. The fourth-order valence-electron chi connectivity index (χ4n) is 5.05. The molecule has 2 heterocycles. The number of allylic oxidation sites excluding steroid dienone is 1. The highest BCUT2D eigenvalue weighted by molar-refractivity contribution is 5.90. The minimum Gasteiger partial charge on any atom is -0.478 e. The SMILES string of the molecule is CC1(C)CC2C=C(C(=O)O)[C@@H]3CC(=O)O[C@]4(CO4)[C@]23C1. The second kappa shape index (κ2) is 3.27. The fraction of sp³-hybridized carbons (Fsp3) is 0.733. The maximum Gasteiger partial charge on any atom is 0.331 e. The lowest BCUT2D eigenvalue weighted by atomic mass is 9.63. The van der Waals surface area contributed by atoms with Crippen LogP contribution in [0.5, 0.6) is 0 Å². The van der Waals surface area contributed by atoms with Gasteiger partial charge in [-0.25, -0.2) is 4.79 Å². The van der Waals surface area contributed by atoms with Gasteiger partial charge in [0.25, 0.3) is 0 Å². The van der Waals surface area contributed by atoms with Crippen LogP contribution in [0, 0.1) is 22.7 Å². The highest BCUT2D eigenvalue weighted by atomic mass is 16.8. The van der Waals surface area contributed by atoms with E-state index >= 15 is 0 Å². The predicted octanol–water partition coefficient (Wildman–Crippen LogP) is 1.72. The van der Waals surface area contributed by atoms with E-state index in [1.165, 1.54) is 0 Å². The summed E-state index contributed by atoms with van der Waals surface area (Å²) in [6, 6.07) is 0. The number of carboxylic acid groups (broad SMARTS) is 1. The number of carbonyl (C=O) groups is 2. The number of hydrogen-bond acceptors (Lipinski definition) is 4. The Morgan fingerprint density at radius 1 is 1.45 bits per heavy atom. The monoisotopic (exact) mass is 278 g/mol. The van der Waals surface area contributed by atoms with Gasteiger partial charge in [-0.05, 0) is 24.2 Å². The summed E-state index contributed by atoms with van der Waals surface area (Å²) < 4.78 is 11.1. The van der Waals surface area contributed by atoms with Gasteiger partial charge in [-0.15, -0.1) is 0 Å². The van der Waals surface area contributed by atoms with Crippen molar-refractivity contribution in [3.63, 3.8) is 0 Å². The molecule has 4 rings (SSSR count). The van der Waals surface area contributed by atoms with Crippen LogP contribution < -0.4 is 0 Å². The molecule has 0 aromatic carbocycles. The van der Waals surface area contributed by atoms with E-state index in [2.05, 4.69) is 13.8 Å². The molecule has 2 spiro atoms. The Hall–Kier alpha value is -1.36. The van der Waals surface area contributed by atoms with Gasteiger partial charge in [0, 0.05) is 11.5 Å². The zero-order valence-electron chi connectivity index (χ0n) is 11.6. The van der Waals surface area contributed by atoms with Crippen LogP contribution in [0.2, 0.25) is 0 Å². The lowest BCUT2D eigenvalue weighted by Gasteiger charge is -2.45. The summed E-state index contributed by atoms with van der Waals surface area (Å²) in [7, 11) is 0. The first-order valence-electron chi connectivity index (χ1n) is 7.11. The second-order valence-electron chi connectivity index (χ2n) is 7.39. The van der Waals surface area contributed by atoms with Crippen LogP contribution in [0.15, 0.2) is 11.6 Å². The highest BCUT2D eigenvalue weighted by Gasteiger charge is 2.78. The Balaban J connectivity index is 1.86. The number of hydrogen-bond donors (Lipinski definition) is 1. The summed E-state index contributed by atoms with van der Waals surface area (Å²) in [5, 5.41) is 9.45. The van der Waals surface area contributed by atoms with Crippen LogP contribution in [0.1, 0.15) is 33.1 Å². The third-order valence-corrected chi connectivity index (χ3v) is 5.60. The highest BCUT2D eigenvalue weighted by Crippen LogP contribution is 2.72. The van der Waals surface area contributed by atoms with Crippen molar-refractivity contribution in [2.45, 2.75) is 38.9 Å². The van der Waals surface area contributed by atoms with Crippen molar-refractivity contribution in [3.8, 4) is 0 Å². The van der Waals surface area contributed by atoms with E-state index in [-0.39, 0.29) is 35.1 Å². The zero-order valence-corrected chi connectivity index (χ0v) is 11.6. The summed E-state index contributed by atoms with van der Waals surface area (Å²) in [4.78, 5) is 23.4. The van der Waals surface area contributed by atoms with Crippen LogP contribution in [0.4, 0.5) is 0 Å². The molecule has 1 N–H and O–H groups in total. The quantitative estimate of drug-likeness (QED) is 0.584. The Morgan fingerprint density at radius 3 is 2.75 bits per heavy atom. The molecule has 4 aliphatic rings. The third-order valence-electron chi connectivity index (χ3n) is 5.60. The summed E-state index contributed by atoms with van der Waals surface area (Å²) in [6.07, 6.45) is 3.79. The fourth-order valence-corrected chi connectivity index (χ4v) is 5.05. The molecule has 2 aliphatic heterocycles. The molecule has 0 amide bonds. The van der Waals surface area contributed by atoms with Crippen LogP contribution in [0.3, 0.4) is 0 Å². The van der Waals surface area contributed by atoms with Crippen molar-refractivity contribution in [1.29, 1.82) is 0 Å². The average molecular weight is 278 g/mol. The second-order valence-corrected chi connectivity index (χ2v) is 7.39. The minimum absolute atomic E-state index is 0.117. The van der Waals surface area contributed by atoms with E-state index in [1.54, 1.807) is 0 Å². The Labute approximate surface area is 116 Å². The number of aliphatic carboxylic acids is 1. The maximum absolute atomic E-state index is 11.9. The van der Waals surface area contributed by atoms with Crippen molar-refractivity contribution >= 4 is 11.9 Å². The summed E-state index contributed by atoms with van der Waals surface area (Å²) in [5.74, 6) is -2.25. The molecule has 2 saturated heterocycles. The lowest BCUT2D eigenvalue weighted by molar-refractivity contribution is -0.203. The molecule has 0 aromatic heterocycles. The molecule has 5 nitrogen and oxygen atoms in total. The normalized spacial score (nSPS) is 47.5. The van der Waals surface area contributed by atoms with E-state index in [0.717, 1.165) is 12.8 Å². The number of carboxylic acids is 1. The van der Waals surface area contributed by atoms with Gasteiger partial charge in [0.2, 0.25) is 5.79 Å². The minimum atomic E-state index is -0.910.